The molecule has 3 atom stereocenters. The van der Waals surface area contributed by atoms with Crippen molar-refractivity contribution in [3.63, 3.8) is 0 Å². The number of aryl methyl sites for hydroxylation is 1. The number of rotatable bonds is 12. The van der Waals surface area contributed by atoms with Crippen molar-refractivity contribution in [1.29, 1.82) is 0 Å². The summed E-state index contributed by atoms with van der Waals surface area (Å²) in [5.74, 6) is 11.6. The maximum Gasteiger partial charge on any atom is 0.408 e. The van der Waals surface area contributed by atoms with E-state index in [4.69, 9.17) is 30.4 Å². The predicted molar refractivity (Wildman–Crippen MR) is 213 cm³/mol. The molecule has 1 heterocycles. The number of allylic oxidation sites excluding steroid dienone is 4. The number of amides is 2. The predicted octanol–water partition coefficient (Wildman–Crippen LogP) is 3.28. The standard InChI is InChI=1S/C41H44N4O9.2ClH/c1-27-32(21-37(51-2)35(26-46)34(27)10-6-17-53-39(48)20-30-7-4-8-31(19-30)24-43)9-5-18-54-41(50)44-33-22-36(40(49)52-3)45(25-33)38(47)16-15-28-11-13-29(23-42)14-12-28;;/h4,7-8,11-14,19,21,33-34,36H,15-18,20,22-25,42-43H2,1-3H3,(H,44,50);2*1H. The van der Waals surface area contributed by atoms with E-state index in [2.05, 4.69) is 29.0 Å². The van der Waals surface area contributed by atoms with Crippen molar-refractivity contribution in [3.05, 3.63) is 99.3 Å². The largest absolute Gasteiger partial charge is 0.496 e. The fourth-order valence-electron chi connectivity index (χ4n) is 6.03. The number of likely N-dealkylation sites (tertiary alicyclic amines) is 1. The molecular weight excluding hydrogens is 763 g/mol. The Morgan fingerprint density at radius 1 is 0.911 bits per heavy atom. The molecular formula is C41H46Cl2N4O9. The normalized spacial score (nSPS) is 16.9. The molecule has 4 rings (SSSR count). The van der Waals surface area contributed by atoms with Crippen molar-refractivity contribution in [3.8, 4) is 23.7 Å². The number of halogens is 2. The summed E-state index contributed by atoms with van der Waals surface area (Å²) in [5, 5.41) is 2.71. The second-order valence-electron chi connectivity index (χ2n) is 12.5. The summed E-state index contributed by atoms with van der Waals surface area (Å²) in [6.07, 6.45) is 1.68. The number of ether oxygens (including phenoxy) is 4. The van der Waals surface area contributed by atoms with Crippen molar-refractivity contribution in [2.24, 2.45) is 17.4 Å². The summed E-state index contributed by atoms with van der Waals surface area (Å²) in [5.41, 5.74) is 16.2. The first-order valence-electron chi connectivity index (χ1n) is 17.3. The summed E-state index contributed by atoms with van der Waals surface area (Å²) < 4.78 is 20.9. The number of hydrogen-bond acceptors (Lipinski definition) is 11. The SMILES string of the molecule is COC(=O)C1CC(NC(=O)OCC#CC2=C(C)C(C#CCOC(=O)Cc3cccc(CN)c3)C(=C=O)C(OC)=C2)CN1C(=O)CCc1ccc(CN)cc1.Cl.Cl. The topological polar surface area (TPSA) is 190 Å². The van der Waals surface area contributed by atoms with Crippen molar-refractivity contribution in [1.82, 2.24) is 10.2 Å². The van der Waals surface area contributed by atoms with E-state index < -0.39 is 36.0 Å². The number of nitrogens with zero attached hydrogens (tertiary/aromatic N) is 1. The number of methoxy groups -OCH3 is 2. The van der Waals surface area contributed by atoms with Gasteiger partial charge in [-0.2, -0.15) is 0 Å². The van der Waals surface area contributed by atoms with Gasteiger partial charge >= 0.3 is 18.0 Å². The van der Waals surface area contributed by atoms with E-state index in [1.54, 1.807) is 13.0 Å². The third kappa shape index (κ3) is 13.1. The maximum absolute atomic E-state index is 13.1. The molecule has 1 saturated heterocycles. The van der Waals surface area contributed by atoms with Crippen LogP contribution in [-0.4, -0.2) is 80.8 Å². The van der Waals surface area contributed by atoms with Gasteiger partial charge in [-0.1, -0.05) is 72.2 Å². The third-order valence-electron chi connectivity index (χ3n) is 8.95. The van der Waals surface area contributed by atoms with Crippen LogP contribution in [0.5, 0.6) is 0 Å². The number of hydrogen-bond donors (Lipinski definition) is 3. The number of carbonyl (C=O) groups is 4. The maximum atomic E-state index is 13.1. The fourth-order valence-corrected chi connectivity index (χ4v) is 6.03. The Morgan fingerprint density at radius 3 is 2.25 bits per heavy atom. The molecule has 15 heteroatoms. The minimum Gasteiger partial charge on any atom is -0.496 e. The van der Waals surface area contributed by atoms with Crippen molar-refractivity contribution in [2.45, 2.75) is 57.8 Å². The van der Waals surface area contributed by atoms with Crippen LogP contribution in [0.2, 0.25) is 0 Å². The van der Waals surface area contributed by atoms with E-state index in [-0.39, 0.29) is 81.1 Å². The Morgan fingerprint density at radius 2 is 1.59 bits per heavy atom. The van der Waals surface area contributed by atoms with E-state index in [1.165, 1.54) is 19.1 Å². The van der Waals surface area contributed by atoms with Gasteiger partial charge in [-0.3, -0.25) is 9.59 Å². The summed E-state index contributed by atoms with van der Waals surface area (Å²) in [6, 6.07) is 13.6. The summed E-state index contributed by atoms with van der Waals surface area (Å²) in [4.78, 5) is 64.0. The number of carbonyl (C=O) groups excluding carboxylic acids is 5. The van der Waals surface area contributed by atoms with Gasteiger partial charge in [0.2, 0.25) is 5.91 Å². The smallest absolute Gasteiger partial charge is 0.408 e. The summed E-state index contributed by atoms with van der Waals surface area (Å²) in [6.45, 7) is 2.16. The lowest BCUT2D eigenvalue weighted by atomic mass is 9.84. The summed E-state index contributed by atoms with van der Waals surface area (Å²) in [7, 11) is 2.65. The van der Waals surface area contributed by atoms with Crippen LogP contribution in [0.4, 0.5) is 4.79 Å². The monoisotopic (exact) mass is 808 g/mol. The molecule has 1 fully saturated rings. The first-order valence-corrected chi connectivity index (χ1v) is 17.3. The zero-order chi connectivity index (χ0) is 39.0. The van der Waals surface area contributed by atoms with Gasteiger partial charge < -0.3 is 40.6 Å². The van der Waals surface area contributed by atoms with Crippen LogP contribution in [0.15, 0.2) is 77.1 Å². The average Bonchev–Trinajstić information content (AvgIpc) is 3.61. The lowest BCUT2D eigenvalue weighted by Crippen LogP contribution is -2.42. The number of nitrogens with one attached hydrogen (secondary N) is 1. The number of esters is 2. The molecule has 2 aliphatic rings. The highest BCUT2D eigenvalue weighted by molar-refractivity contribution is 5.86. The minimum atomic E-state index is -0.845. The highest BCUT2D eigenvalue weighted by Crippen LogP contribution is 2.32. The number of alkyl carbamates (subject to hydrolysis) is 1. The number of nitrogens with two attached hydrogens (primary N) is 2. The van der Waals surface area contributed by atoms with Crippen LogP contribution >= 0.6 is 24.8 Å². The lowest BCUT2D eigenvalue weighted by molar-refractivity contribution is -0.150. The van der Waals surface area contributed by atoms with Gasteiger partial charge in [0.05, 0.1) is 38.2 Å². The molecule has 1 aliphatic heterocycles. The van der Waals surface area contributed by atoms with Crippen LogP contribution in [0.3, 0.4) is 0 Å². The molecule has 2 aromatic carbocycles. The van der Waals surface area contributed by atoms with E-state index in [0.717, 1.165) is 22.3 Å². The molecule has 0 spiro atoms. The highest BCUT2D eigenvalue weighted by Gasteiger charge is 2.40. The molecule has 5 N–H and O–H groups in total. The highest BCUT2D eigenvalue weighted by atomic mass is 35.5. The first-order chi connectivity index (χ1) is 26.1. The molecule has 56 heavy (non-hydrogen) atoms. The quantitative estimate of drug-likeness (QED) is 0.124. The van der Waals surface area contributed by atoms with E-state index in [0.29, 0.717) is 30.7 Å². The first kappa shape index (κ1) is 46.6. The molecule has 3 unspecified atom stereocenters. The second kappa shape index (κ2) is 23.4. The summed E-state index contributed by atoms with van der Waals surface area (Å²) >= 11 is 0. The van der Waals surface area contributed by atoms with Crippen LogP contribution in [-0.2, 0) is 64.1 Å². The Hall–Kier alpha value is -5.53. The minimum absolute atomic E-state index is 0. The molecule has 0 saturated carbocycles. The molecule has 0 bridgehead atoms. The zero-order valence-corrected chi connectivity index (χ0v) is 33.0. The van der Waals surface area contributed by atoms with E-state index in [1.807, 2.05) is 54.5 Å². The van der Waals surface area contributed by atoms with Gasteiger partial charge in [-0.15, -0.1) is 24.8 Å². The van der Waals surface area contributed by atoms with E-state index >= 15 is 0 Å². The third-order valence-corrected chi connectivity index (χ3v) is 8.95. The average molecular weight is 810 g/mol. The van der Waals surface area contributed by atoms with Crippen LogP contribution in [0.25, 0.3) is 0 Å². The Labute approximate surface area is 339 Å². The molecule has 298 valence electrons. The van der Waals surface area contributed by atoms with Gasteiger partial charge in [0.25, 0.3) is 0 Å². The lowest BCUT2D eigenvalue weighted by Gasteiger charge is -2.22. The van der Waals surface area contributed by atoms with E-state index in [9.17, 15) is 24.0 Å². The fraction of sp³-hybridized carbons (Fsp3) is 0.366. The number of benzene rings is 2. The molecule has 2 amide bonds. The van der Waals surface area contributed by atoms with Gasteiger partial charge in [-0.25, -0.2) is 14.4 Å². The molecule has 1 aliphatic carbocycles. The zero-order valence-electron chi connectivity index (χ0n) is 31.4. The molecule has 0 aromatic heterocycles. The molecule has 2 aromatic rings. The Balaban J connectivity index is 0.00000541. The van der Waals surface area contributed by atoms with Gasteiger partial charge in [0, 0.05) is 38.0 Å². The van der Waals surface area contributed by atoms with Crippen molar-refractivity contribution >= 4 is 54.7 Å². The van der Waals surface area contributed by atoms with Crippen LogP contribution in [0, 0.1) is 29.6 Å². The van der Waals surface area contributed by atoms with Crippen LogP contribution < -0.4 is 16.8 Å². The Bertz CT molecular complexity index is 1970. The van der Waals surface area contributed by atoms with Crippen molar-refractivity contribution in [2.75, 3.05) is 34.0 Å². The Kier molecular flexibility index (Phi) is 19.5. The van der Waals surface area contributed by atoms with Gasteiger partial charge in [0.15, 0.2) is 13.2 Å². The van der Waals surface area contributed by atoms with Crippen LogP contribution in [0.1, 0.15) is 42.0 Å². The molecule has 13 nitrogen and oxygen atoms in total. The van der Waals surface area contributed by atoms with Gasteiger partial charge in [0.1, 0.15) is 17.7 Å². The van der Waals surface area contributed by atoms with Gasteiger partial charge in [-0.05, 0) is 47.2 Å². The van der Waals surface area contributed by atoms with Crippen molar-refractivity contribution < 1.29 is 42.9 Å². The second-order valence-corrected chi connectivity index (χ2v) is 12.5. The molecule has 0 radical (unpaired) electrons.